The standard InChI is InChI=1S/C14H9Cl2N4/c1-8-18-6-13(20-8)11-5-17-7-19-14(11)10-3-2-9(15)4-12(10)16/h2-6H,1H3,(H,18,20). The van der Waals surface area contributed by atoms with Crippen LogP contribution < -0.4 is 0 Å². The molecule has 3 rings (SSSR count). The van der Waals surface area contributed by atoms with Crippen molar-refractivity contribution in [3.8, 4) is 22.5 Å². The Morgan fingerprint density at radius 3 is 2.75 bits per heavy atom. The molecule has 0 saturated heterocycles. The highest BCUT2D eigenvalue weighted by atomic mass is 35.5. The number of nitrogens with zero attached hydrogens (tertiary/aromatic N) is 3. The van der Waals surface area contributed by atoms with Crippen molar-refractivity contribution in [3.63, 3.8) is 0 Å². The second kappa shape index (κ2) is 5.23. The summed E-state index contributed by atoms with van der Waals surface area (Å²) in [5.74, 6) is 0.820. The number of halogens is 2. The van der Waals surface area contributed by atoms with E-state index in [1.807, 2.05) is 13.0 Å². The Kier molecular flexibility index (Phi) is 3.42. The predicted molar refractivity (Wildman–Crippen MR) is 78.6 cm³/mol. The minimum Gasteiger partial charge on any atom is -0.348 e. The third-order valence-electron chi connectivity index (χ3n) is 2.84. The average molecular weight is 304 g/mol. The first-order chi connectivity index (χ1) is 9.65. The topological polar surface area (TPSA) is 54.5 Å². The first-order valence-corrected chi connectivity index (χ1v) is 6.61. The lowest BCUT2D eigenvalue weighted by atomic mass is 10.1. The van der Waals surface area contributed by atoms with Crippen LogP contribution in [0.25, 0.3) is 22.5 Å². The van der Waals surface area contributed by atoms with Crippen LogP contribution >= 0.6 is 23.2 Å². The number of aryl methyl sites for hydroxylation is 1. The van der Waals surface area contributed by atoms with Gasteiger partial charge in [0.1, 0.15) is 5.82 Å². The molecule has 1 radical (unpaired) electrons. The summed E-state index contributed by atoms with van der Waals surface area (Å²) in [6.45, 7) is 1.88. The predicted octanol–water partition coefficient (Wildman–Crippen LogP) is 3.95. The summed E-state index contributed by atoms with van der Waals surface area (Å²) in [5.41, 5.74) is 2.99. The fourth-order valence-corrected chi connectivity index (χ4v) is 2.42. The van der Waals surface area contributed by atoms with E-state index in [1.165, 1.54) is 0 Å². The molecule has 0 amide bonds. The van der Waals surface area contributed by atoms with Crippen molar-refractivity contribution in [1.82, 2.24) is 19.9 Å². The van der Waals surface area contributed by atoms with Gasteiger partial charge in [-0.1, -0.05) is 23.2 Å². The summed E-state index contributed by atoms with van der Waals surface area (Å²) in [6, 6.07) is 5.27. The van der Waals surface area contributed by atoms with Gasteiger partial charge in [0, 0.05) is 28.5 Å². The highest BCUT2D eigenvalue weighted by molar-refractivity contribution is 6.36. The Bertz CT molecular complexity index is 767. The van der Waals surface area contributed by atoms with Gasteiger partial charge in [0.15, 0.2) is 6.33 Å². The number of benzene rings is 1. The third kappa shape index (κ3) is 2.40. The lowest BCUT2D eigenvalue weighted by Crippen LogP contribution is -1.92. The lowest BCUT2D eigenvalue weighted by Gasteiger charge is -2.07. The molecule has 0 aliphatic carbocycles. The van der Waals surface area contributed by atoms with E-state index in [0.717, 1.165) is 22.6 Å². The number of hydrogen-bond acceptors (Lipinski definition) is 3. The van der Waals surface area contributed by atoms with Crippen LogP contribution in [0.15, 0.2) is 30.6 Å². The first-order valence-electron chi connectivity index (χ1n) is 5.86. The smallest absolute Gasteiger partial charge is 0.198 e. The maximum atomic E-state index is 6.24. The van der Waals surface area contributed by atoms with Crippen LogP contribution in [0, 0.1) is 13.3 Å². The molecule has 0 aliphatic heterocycles. The van der Waals surface area contributed by atoms with Gasteiger partial charge in [-0.05, 0) is 25.1 Å². The van der Waals surface area contributed by atoms with Crippen LogP contribution in [0.3, 0.4) is 0 Å². The van der Waals surface area contributed by atoms with Crippen LogP contribution in [0.2, 0.25) is 10.0 Å². The molecule has 1 N–H and O–H groups in total. The molecule has 6 heteroatoms. The van der Waals surface area contributed by atoms with E-state index in [4.69, 9.17) is 23.2 Å². The van der Waals surface area contributed by atoms with E-state index < -0.39 is 0 Å². The molecule has 0 spiro atoms. The highest BCUT2D eigenvalue weighted by Crippen LogP contribution is 2.34. The average Bonchev–Trinajstić information content (AvgIpc) is 2.85. The zero-order chi connectivity index (χ0) is 14.1. The molecule has 0 saturated carbocycles. The Morgan fingerprint density at radius 2 is 2.05 bits per heavy atom. The monoisotopic (exact) mass is 303 g/mol. The van der Waals surface area contributed by atoms with Crippen LogP contribution in [0.4, 0.5) is 0 Å². The lowest BCUT2D eigenvalue weighted by molar-refractivity contribution is 1.13. The van der Waals surface area contributed by atoms with Gasteiger partial charge in [-0.2, -0.15) is 0 Å². The van der Waals surface area contributed by atoms with E-state index in [1.54, 1.807) is 24.5 Å². The number of H-pyrrole nitrogens is 1. The molecule has 2 aromatic heterocycles. The molecule has 0 aliphatic rings. The van der Waals surface area contributed by atoms with Crippen LogP contribution in [-0.2, 0) is 0 Å². The van der Waals surface area contributed by atoms with Gasteiger partial charge >= 0.3 is 0 Å². The van der Waals surface area contributed by atoms with Crippen molar-refractivity contribution in [3.05, 3.63) is 52.8 Å². The Balaban J connectivity index is 2.19. The zero-order valence-corrected chi connectivity index (χ0v) is 12.0. The van der Waals surface area contributed by atoms with Gasteiger partial charge in [0.2, 0.25) is 0 Å². The quantitative estimate of drug-likeness (QED) is 0.780. The number of nitrogens with one attached hydrogen (secondary N) is 1. The molecule has 2 heterocycles. The van der Waals surface area contributed by atoms with Crippen molar-refractivity contribution in [2.24, 2.45) is 0 Å². The summed E-state index contributed by atoms with van der Waals surface area (Å²) in [4.78, 5) is 15.6. The van der Waals surface area contributed by atoms with Crippen molar-refractivity contribution in [2.45, 2.75) is 6.92 Å². The number of rotatable bonds is 2. The van der Waals surface area contributed by atoms with Crippen molar-refractivity contribution in [2.75, 3.05) is 0 Å². The fraction of sp³-hybridized carbons (Fsp3) is 0.0714. The van der Waals surface area contributed by atoms with E-state index in [9.17, 15) is 0 Å². The van der Waals surface area contributed by atoms with Crippen molar-refractivity contribution < 1.29 is 0 Å². The zero-order valence-electron chi connectivity index (χ0n) is 10.5. The van der Waals surface area contributed by atoms with Gasteiger partial charge in [-0.15, -0.1) is 0 Å². The molecule has 0 bridgehead atoms. The maximum absolute atomic E-state index is 6.24. The molecular formula is C14H9Cl2N4. The Labute approximate surface area is 125 Å². The summed E-state index contributed by atoms with van der Waals surface area (Å²) in [5, 5.41) is 1.10. The summed E-state index contributed by atoms with van der Waals surface area (Å²) >= 11 is 12.2. The van der Waals surface area contributed by atoms with Gasteiger partial charge < -0.3 is 4.98 Å². The molecule has 4 nitrogen and oxygen atoms in total. The first kappa shape index (κ1) is 13.1. The van der Waals surface area contributed by atoms with Gasteiger partial charge in [-0.25, -0.2) is 15.0 Å². The summed E-state index contributed by atoms with van der Waals surface area (Å²) in [7, 11) is 0. The largest absolute Gasteiger partial charge is 0.348 e. The molecule has 99 valence electrons. The van der Waals surface area contributed by atoms with E-state index in [2.05, 4.69) is 26.3 Å². The normalized spacial score (nSPS) is 10.8. The number of aromatic amines is 1. The van der Waals surface area contributed by atoms with Gasteiger partial charge in [0.05, 0.1) is 16.4 Å². The molecule has 0 unspecified atom stereocenters. The fourth-order valence-electron chi connectivity index (χ4n) is 1.92. The minimum absolute atomic E-state index is 0.526. The second-order valence-electron chi connectivity index (χ2n) is 4.23. The minimum atomic E-state index is 0.526. The second-order valence-corrected chi connectivity index (χ2v) is 5.07. The van der Waals surface area contributed by atoms with Crippen LogP contribution in [0.5, 0.6) is 0 Å². The van der Waals surface area contributed by atoms with Crippen LogP contribution in [-0.4, -0.2) is 19.9 Å². The molecule has 20 heavy (non-hydrogen) atoms. The van der Waals surface area contributed by atoms with Crippen molar-refractivity contribution >= 4 is 23.2 Å². The third-order valence-corrected chi connectivity index (χ3v) is 3.38. The number of imidazole rings is 1. The molecule has 0 fully saturated rings. The Morgan fingerprint density at radius 1 is 1.20 bits per heavy atom. The van der Waals surface area contributed by atoms with E-state index >= 15 is 0 Å². The van der Waals surface area contributed by atoms with Gasteiger partial charge in [0.25, 0.3) is 0 Å². The van der Waals surface area contributed by atoms with E-state index in [-0.39, 0.29) is 0 Å². The number of hydrogen-bond donors (Lipinski definition) is 1. The summed E-state index contributed by atoms with van der Waals surface area (Å²) in [6.07, 6.45) is 6.07. The summed E-state index contributed by atoms with van der Waals surface area (Å²) < 4.78 is 0. The molecule has 0 atom stereocenters. The Hall–Kier alpha value is -1.91. The van der Waals surface area contributed by atoms with Gasteiger partial charge in [-0.3, -0.25) is 0 Å². The molecule has 3 aromatic rings. The molecule has 1 aromatic carbocycles. The highest BCUT2D eigenvalue weighted by Gasteiger charge is 2.14. The van der Waals surface area contributed by atoms with E-state index in [0.29, 0.717) is 15.7 Å². The van der Waals surface area contributed by atoms with Crippen LogP contribution in [0.1, 0.15) is 5.82 Å². The molecular weight excluding hydrogens is 295 g/mol. The van der Waals surface area contributed by atoms with Crippen molar-refractivity contribution in [1.29, 1.82) is 0 Å². The SMILES string of the molecule is Cc1nc(-c2cn[c]nc2-c2ccc(Cl)cc2Cl)c[nH]1. The maximum Gasteiger partial charge on any atom is 0.198 e. The number of aromatic nitrogens is 4.